The van der Waals surface area contributed by atoms with Crippen LogP contribution in [0.5, 0.6) is 0 Å². The second kappa shape index (κ2) is 11.3. The Labute approximate surface area is 211 Å². The number of nitrogens with zero attached hydrogens (tertiary/aromatic N) is 1. The highest BCUT2D eigenvalue weighted by Gasteiger charge is 2.24. The minimum atomic E-state index is -3.95. The van der Waals surface area contributed by atoms with E-state index in [0.29, 0.717) is 17.1 Å². The van der Waals surface area contributed by atoms with E-state index in [1.807, 2.05) is 0 Å². The Morgan fingerprint density at radius 1 is 1.15 bits per heavy atom. The molecule has 0 aliphatic carbocycles. The van der Waals surface area contributed by atoms with E-state index in [4.69, 9.17) is 33.3 Å². The molecule has 2 aromatic rings. The predicted molar refractivity (Wildman–Crippen MR) is 138 cm³/mol. The second-order valence-corrected chi connectivity index (χ2v) is 11.4. The molecule has 7 nitrogen and oxygen atoms in total. The van der Waals surface area contributed by atoms with Crippen LogP contribution in [0, 0.1) is 11.3 Å². The number of carbonyl (C=O) groups excluding carboxylic acids is 1. The zero-order chi connectivity index (χ0) is 25.7. The molecule has 0 aliphatic heterocycles. The van der Waals surface area contributed by atoms with Gasteiger partial charge in [-0.25, -0.2) is 8.42 Å². The van der Waals surface area contributed by atoms with Gasteiger partial charge >= 0.3 is 5.97 Å². The Bertz CT molecular complexity index is 1200. The maximum atomic E-state index is 12.8. The number of hydrogen-bond donors (Lipinski definition) is 2. The van der Waals surface area contributed by atoms with E-state index in [9.17, 15) is 13.2 Å². The van der Waals surface area contributed by atoms with Crippen molar-refractivity contribution in [1.29, 1.82) is 5.41 Å². The Hall–Kier alpha value is -2.42. The maximum Gasteiger partial charge on any atom is 0.307 e. The van der Waals surface area contributed by atoms with E-state index in [-0.39, 0.29) is 27.9 Å². The van der Waals surface area contributed by atoms with E-state index < -0.39 is 27.5 Å². The number of esters is 1. The quantitative estimate of drug-likeness (QED) is 0.302. The Morgan fingerprint density at radius 3 is 2.44 bits per heavy atom. The monoisotopic (exact) mass is 525 g/mol. The smallest absolute Gasteiger partial charge is 0.307 e. The third-order valence-corrected chi connectivity index (χ3v) is 6.79. The van der Waals surface area contributed by atoms with Gasteiger partial charge in [0.15, 0.2) is 0 Å². The summed E-state index contributed by atoms with van der Waals surface area (Å²) in [5.74, 6) is -0.865. The van der Waals surface area contributed by atoms with Crippen LogP contribution in [-0.2, 0) is 26.1 Å². The molecule has 2 rings (SSSR count). The molecule has 0 saturated heterocycles. The van der Waals surface area contributed by atoms with Crippen molar-refractivity contribution in [3.8, 4) is 0 Å². The molecule has 0 aromatic heterocycles. The van der Waals surface area contributed by atoms with Crippen LogP contribution in [-0.4, -0.2) is 31.4 Å². The summed E-state index contributed by atoms with van der Waals surface area (Å²) < 4.78 is 33.4. The summed E-state index contributed by atoms with van der Waals surface area (Å²) >= 11 is 12.0. The van der Waals surface area contributed by atoms with Crippen LogP contribution in [0.15, 0.2) is 52.4 Å². The fraction of sp³-hybridized carbons (Fsp3) is 0.375. The first-order chi connectivity index (χ1) is 15.7. The van der Waals surface area contributed by atoms with Crippen molar-refractivity contribution in [2.45, 2.75) is 58.1 Å². The predicted octanol–water partition coefficient (Wildman–Crippen LogP) is 6.14. The zero-order valence-electron chi connectivity index (χ0n) is 19.8. The molecule has 0 aliphatic rings. The van der Waals surface area contributed by atoms with Gasteiger partial charge in [0.25, 0.3) is 10.0 Å². The molecular weight excluding hydrogens is 497 g/mol. The largest absolute Gasteiger partial charge is 0.460 e. The van der Waals surface area contributed by atoms with Gasteiger partial charge in [-0.05, 0) is 70.5 Å². The molecule has 184 valence electrons. The summed E-state index contributed by atoms with van der Waals surface area (Å²) in [6.45, 7) is 9.02. The van der Waals surface area contributed by atoms with Gasteiger partial charge in [-0.3, -0.25) is 14.5 Å². The lowest BCUT2D eigenvalue weighted by Gasteiger charge is -2.22. The molecule has 1 atom stereocenters. The molecule has 10 heteroatoms. The summed E-state index contributed by atoms with van der Waals surface area (Å²) in [7, 11) is -3.95. The summed E-state index contributed by atoms with van der Waals surface area (Å²) in [6.07, 6.45) is 0.0299. The van der Waals surface area contributed by atoms with E-state index in [2.05, 4.69) is 9.71 Å². The standard InChI is InChI=1S/C24H29Cl2N3O4S/c1-15(27)20(13-23(30)33-24(3,4)5)16(2)28-14-17-7-6-8-19(11-17)29-34(31,32)22-12-18(25)9-10-21(22)26/h6-12,20,27,29H,13-14H2,1-5H3. The molecule has 0 heterocycles. The van der Waals surface area contributed by atoms with Crippen molar-refractivity contribution in [3.63, 3.8) is 0 Å². The first kappa shape index (κ1) is 27.8. The second-order valence-electron chi connectivity index (χ2n) is 8.86. The fourth-order valence-corrected chi connectivity index (χ4v) is 4.93. The fourth-order valence-electron chi connectivity index (χ4n) is 3.12. The molecule has 0 bridgehead atoms. The van der Waals surface area contributed by atoms with Crippen molar-refractivity contribution in [2.75, 3.05) is 4.72 Å². The Morgan fingerprint density at radius 2 is 1.82 bits per heavy atom. The average Bonchev–Trinajstić information content (AvgIpc) is 2.70. The molecule has 0 amide bonds. The van der Waals surface area contributed by atoms with E-state index >= 15 is 0 Å². The van der Waals surface area contributed by atoms with Gasteiger partial charge in [-0.2, -0.15) is 0 Å². The van der Waals surface area contributed by atoms with Crippen molar-refractivity contribution >= 4 is 56.3 Å². The van der Waals surface area contributed by atoms with Gasteiger partial charge in [-0.15, -0.1) is 0 Å². The number of benzene rings is 2. The van der Waals surface area contributed by atoms with Crippen LogP contribution in [0.1, 0.15) is 46.6 Å². The highest BCUT2D eigenvalue weighted by Crippen LogP contribution is 2.27. The molecule has 2 aromatic carbocycles. The van der Waals surface area contributed by atoms with Crippen LogP contribution < -0.4 is 4.72 Å². The van der Waals surface area contributed by atoms with E-state index in [1.165, 1.54) is 18.2 Å². The molecule has 0 spiro atoms. The lowest BCUT2D eigenvalue weighted by molar-refractivity contribution is -0.155. The van der Waals surface area contributed by atoms with Gasteiger partial charge in [0.1, 0.15) is 10.5 Å². The van der Waals surface area contributed by atoms with Crippen LogP contribution in [0.3, 0.4) is 0 Å². The Kier molecular flexibility index (Phi) is 9.28. The van der Waals surface area contributed by atoms with Crippen LogP contribution in [0.2, 0.25) is 10.0 Å². The minimum Gasteiger partial charge on any atom is -0.460 e. The SMILES string of the molecule is CC(=N)C(CC(=O)OC(C)(C)C)C(C)=NCc1cccc(NS(=O)(=O)c2cc(Cl)ccc2Cl)c1. The van der Waals surface area contributed by atoms with Gasteiger partial charge in [-0.1, -0.05) is 35.3 Å². The van der Waals surface area contributed by atoms with Crippen LogP contribution >= 0.6 is 23.2 Å². The highest BCUT2D eigenvalue weighted by molar-refractivity contribution is 7.92. The number of carbonyl (C=O) groups is 1. The summed E-state index contributed by atoms with van der Waals surface area (Å²) in [6, 6.07) is 11.0. The Balaban J connectivity index is 2.16. The number of hydrogen-bond acceptors (Lipinski definition) is 6. The molecule has 0 radical (unpaired) electrons. The maximum absolute atomic E-state index is 12.8. The third kappa shape index (κ3) is 8.42. The zero-order valence-corrected chi connectivity index (χ0v) is 22.1. The number of rotatable bonds is 9. The van der Waals surface area contributed by atoms with Crippen molar-refractivity contribution < 1.29 is 17.9 Å². The van der Waals surface area contributed by atoms with E-state index in [1.54, 1.807) is 58.9 Å². The summed E-state index contributed by atoms with van der Waals surface area (Å²) in [5.41, 5.74) is 1.42. The van der Waals surface area contributed by atoms with E-state index in [0.717, 1.165) is 5.56 Å². The average molecular weight is 526 g/mol. The van der Waals surface area contributed by atoms with Crippen molar-refractivity contribution in [3.05, 3.63) is 58.1 Å². The molecule has 0 fully saturated rings. The van der Waals surface area contributed by atoms with Crippen LogP contribution in [0.4, 0.5) is 5.69 Å². The highest BCUT2D eigenvalue weighted by atomic mass is 35.5. The first-order valence-electron chi connectivity index (χ1n) is 10.5. The van der Waals surface area contributed by atoms with Gasteiger partial charge < -0.3 is 10.1 Å². The number of anilines is 1. The number of halogens is 2. The van der Waals surface area contributed by atoms with Crippen molar-refractivity contribution in [2.24, 2.45) is 10.9 Å². The van der Waals surface area contributed by atoms with Crippen molar-refractivity contribution in [1.82, 2.24) is 0 Å². The molecule has 34 heavy (non-hydrogen) atoms. The lowest BCUT2D eigenvalue weighted by Crippen LogP contribution is -2.29. The van der Waals surface area contributed by atoms with Gasteiger partial charge in [0.2, 0.25) is 0 Å². The molecule has 0 saturated carbocycles. The van der Waals surface area contributed by atoms with Crippen LogP contribution in [0.25, 0.3) is 0 Å². The van der Waals surface area contributed by atoms with Gasteiger partial charge in [0, 0.05) is 28.1 Å². The normalized spacial score (nSPS) is 13.3. The number of nitrogens with one attached hydrogen (secondary N) is 2. The third-order valence-electron chi connectivity index (χ3n) is 4.69. The number of sulfonamides is 1. The minimum absolute atomic E-state index is 0.0299. The molecule has 1 unspecified atom stereocenters. The number of aliphatic imine (C=N–C) groups is 1. The summed E-state index contributed by atoms with van der Waals surface area (Å²) in [5, 5.41) is 8.37. The van der Waals surface area contributed by atoms with Gasteiger partial charge in [0.05, 0.1) is 18.0 Å². The molecule has 2 N–H and O–H groups in total. The lowest BCUT2D eigenvalue weighted by atomic mass is 9.95. The molecular formula is C24H29Cl2N3O4S. The number of ether oxygens (including phenoxy) is 1. The topological polar surface area (TPSA) is 109 Å². The first-order valence-corrected chi connectivity index (χ1v) is 12.8. The summed E-state index contributed by atoms with van der Waals surface area (Å²) in [4.78, 5) is 16.7.